The molecule has 0 amide bonds. The Morgan fingerprint density at radius 3 is 2.37 bits per heavy atom. The summed E-state index contributed by atoms with van der Waals surface area (Å²) >= 11 is 5.24. The lowest BCUT2D eigenvalue weighted by atomic mass is 10.1. The Balaban J connectivity index is 1.74. The molecular formula is C15H17N3S. The lowest BCUT2D eigenvalue weighted by Crippen LogP contribution is -2.34. The molecule has 2 rings (SSSR count). The van der Waals surface area contributed by atoms with E-state index < -0.39 is 0 Å². The van der Waals surface area contributed by atoms with Crippen molar-refractivity contribution in [3.63, 3.8) is 0 Å². The molecule has 2 N–H and O–H groups in total. The molecule has 3 nitrogen and oxygen atoms in total. The Hall–Kier alpha value is -1.94. The Labute approximate surface area is 119 Å². The molecule has 0 atom stereocenters. The molecule has 1 aromatic carbocycles. The number of aromatic nitrogens is 1. The molecule has 0 unspecified atom stereocenters. The summed E-state index contributed by atoms with van der Waals surface area (Å²) in [6.45, 7) is 3.50. The van der Waals surface area contributed by atoms with Gasteiger partial charge in [-0.25, -0.2) is 0 Å². The first kappa shape index (κ1) is 13.5. The number of nitrogens with zero attached hydrogens (tertiary/aromatic N) is 1. The van der Waals surface area contributed by atoms with Crippen LogP contribution in [-0.2, 0) is 13.1 Å². The normalized spacial score (nSPS) is 9.95. The number of thiocarbonyl (C=S) groups is 1. The third-order valence-electron chi connectivity index (χ3n) is 2.75. The zero-order valence-corrected chi connectivity index (χ0v) is 11.7. The van der Waals surface area contributed by atoms with Crippen molar-refractivity contribution in [1.82, 2.24) is 15.6 Å². The summed E-state index contributed by atoms with van der Waals surface area (Å²) in [4.78, 5) is 4.06. The highest BCUT2D eigenvalue weighted by Gasteiger charge is 1.97. The third-order valence-corrected chi connectivity index (χ3v) is 3.04. The second-order valence-electron chi connectivity index (χ2n) is 4.38. The molecule has 0 radical (unpaired) electrons. The molecule has 19 heavy (non-hydrogen) atoms. The molecule has 0 fully saturated rings. The van der Waals surface area contributed by atoms with Crippen molar-refractivity contribution in [3.8, 4) is 0 Å². The zero-order chi connectivity index (χ0) is 13.5. The van der Waals surface area contributed by atoms with Crippen LogP contribution in [0.25, 0.3) is 0 Å². The van der Waals surface area contributed by atoms with Gasteiger partial charge in [0.2, 0.25) is 0 Å². The van der Waals surface area contributed by atoms with Gasteiger partial charge in [0, 0.05) is 25.5 Å². The van der Waals surface area contributed by atoms with Gasteiger partial charge >= 0.3 is 0 Å². The highest BCUT2D eigenvalue weighted by atomic mass is 32.1. The number of hydrogen-bond donors (Lipinski definition) is 2. The fraction of sp³-hybridized carbons (Fsp3) is 0.200. The summed E-state index contributed by atoms with van der Waals surface area (Å²) in [7, 11) is 0. The summed E-state index contributed by atoms with van der Waals surface area (Å²) in [6, 6.07) is 12.3. The van der Waals surface area contributed by atoms with E-state index in [0.717, 1.165) is 12.1 Å². The van der Waals surface area contributed by atoms with E-state index in [1.165, 1.54) is 11.1 Å². The first-order valence-corrected chi connectivity index (χ1v) is 6.61. The Kier molecular flexibility index (Phi) is 4.86. The maximum absolute atomic E-state index is 5.24. The quantitative estimate of drug-likeness (QED) is 0.838. The van der Waals surface area contributed by atoms with Crippen molar-refractivity contribution in [2.75, 3.05) is 0 Å². The number of benzene rings is 1. The van der Waals surface area contributed by atoms with Gasteiger partial charge in [0.25, 0.3) is 0 Å². The smallest absolute Gasteiger partial charge is 0.166 e. The monoisotopic (exact) mass is 271 g/mol. The summed E-state index contributed by atoms with van der Waals surface area (Å²) in [5.74, 6) is 0. The SMILES string of the molecule is Cc1ccc(CNC(=S)NCc2cccnc2)cc1. The average molecular weight is 271 g/mol. The van der Waals surface area contributed by atoms with Gasteiger partial charge in [-0.2, -0.15) is 0 Å². The molecule has 0 aliphatic carbocycles. The van der Waals surface area contributed by atoms with Crippen LogP contribution in [0.2, 0.25) is 0 Å². The third kappa shape index (κ3) is 4.67. The number of rotatable bonds is 4. The van der Waals surface area contributed by atoms with Crippen LogP contribution in [0.15, 0.2) is 48.8 Å². The first-order valence-electron chi connectivity index (χ1n) is 6.20. The second-order valence-corrected chi connectivity index (χ2v) is 4.79. The van der Waals surface area contributed by atoms with Crippen LogP contribution in [-0.4, -0.2) is 10.1 Å². The fourth-order valence-electron chi connectivity index (χ4n) is 1.64. The molecule has 0 aliphatic heterocycles. The van der Waals surface area contributed by atoms with Crippen molar-refractivity contribution in [2.24, 2.45) is 0 Å². The molecule has 0 spiro atoms. The minimum atomic E-state index is 0.657. The minimum Gasteiger partial charge on any atom is -0.359 e. The van der Waals surface area contributed by atoms with Gasteiger partial charge in [-0.05, 0) is 36.3 Å². The van der Waals surface area contributed by atoms with E-state index in [0.29, 0.717) is 11.7 Å². The van der Waals surface area contributed by atoms with Gasteiger partial charge < -0.3 is 10.6 Å². The first-order chi connectivity index (χ1) is 9.24. The van der Waals surface area contributed by atoms with Gasteiger partial charge in [-0.3, -0.25) is 4.98 Å². The van der Waals surface area contributed by atoms with E-state index >= 15 is 0 Å². The lowest BCUT2D eigenvalue weighted by Gasteiger charge is -2.10. The van der Waals surface area contributed by atoms with E-state index in [4.69, 9.17) is 12.2 Å². The molecule has 1 heterocycles. The van der Waals surface area contributed by atoms with Crippen LogP contribution in [0.3, 0.4) is 0 Å². The second kappa shape index (κ2) is 6.85. The molecule has 0 aliphatic rings. The van der Waals surface area contributed by atoms with Gasteiger partial charge in [-0.1, -0.05) is 35.9 Å². The van der Waals surface area contributed by atoms with E-state index in [1.807, 2.05) is 18.3 Å². The topological polar surface area (TPSA) is 37.0 Å². The Morgan fingerprint density at radius 2 is 1.74 bits per heavy atom. The van der Waals surface area contributed by atoms with Crippen LogP contribution >= 0.6 is 12.2 Å². The standard InChI is InChI=1S/C15H17N3S/c1-12-4-6-13(7-5-12)10-17-15(19)18-11-14-3-2-8-16-9-14/h2-9H,10-11H2,1H3,(H2,17,18,19). The highest BCUT2D eigenvalue weighted by Crippen LogP contribution is 2.02. The van der Waals surface area contributed by atoms with Crippen LogP contribution < -0.4 is 10.6 Å². The minimum absolute atomic E-state index is 0.657. The molecular weight excluding hydrogens is 254 g/mol. The average Bonchev–Trinajstić information content (AvgIpc) is 2.45. The molecule has 2 aromatic rings. The van der Waals surface area contributed by atoms with Gasteiger partial charge in [-0.15, -0.1) is 0 Å². The summed E-state index contributed by atoms with van der Waals surface area (Å²) in [5, 5.41) is 7.01. The summed E-state index contributed by atoms with van der Waals surface area (Å²) < 4.78 is 0. The van der Waals surface area contributed by atoms with Crippen molar-refractivity contribution >= 4 is 17.3 Å². The lowest BCUT2D eigenvalue weighted by molar-refractivity contribution is 0.830. The molecule has 0 saturated heterocycles. The number of nitrogens with one attached hydrogen (secondary N) is 2. The van der Waals surface area contributed by atoms with Crippen molar-refractivity contribution in [1.29, 1.82) is 0 Å². The number of aryl methyl sites for hydroxylation is 1. The van der Waals surface area contributed by atoms with E-state index in [9.17, 15) is 0 Å². The van der Waals surface area contributed by atoms with Crippen molar-refractivity contribution < 1.29 is 0 Å². The molecule has 0 bridgehead atoms. The van der Waals surface area contributed by atoms with E-state index in [-0.39, 0.29) is 0 Å². The number of pyridine rings is 1. The molecule has 4 heteroatoms. The molecule has 0 saturated carbocycles. The Morgan fingerprint density at radius 1 is 1.05 bits per heavy atom. The Bertz CT molecular complexity index is 523. The van der Waals surface area contributed by atoms with Crippen LogP contribution in [0.5, 0.6) is 0 Å². The van der Waals surface area contributed by atoms with E-state index in [2.05, 4.69) is 46.8 Å². The molecule has 1 aromatic heterocycles. The number of hydrogen-bond acceptors (Lipinski definition) is 2. The van der Waals surface area contributed by atoms with Gasteiger partial charge in [0.1, 0.15) is 0 Å². The zero-order valence-electron chi connectivity index (χ0n) is 10.9. The predicted octanol–water partition coefficient (Wildman–Crippen LogP) is 2.55. The van der Waals surface area contributed by atoms with E-state index in [1.54, 1.807) is 6.20 Å². The van der Waals surface area contributed by atoms with Crippen LogP contribution in [0, 0.1) is 6.92 Å². The highest BCUT2D eigenvalue weighted by molar-refractivity contribution is 7.80. The van der Waals surface area contributed by atoms with Gasteiger partial charge in [0.15, 0.2) is 5.11 Å². The maximum atomic E-state index is 5.24. The van der Waals surface area contributed by atoms with Gasteiger partial charge in [0.05, 0.1) is 0 Å². The summed E-state index contributed by atoms with van der Waals surface area (Å²) in [6.07, 6.45) is 3.59. The predicted molar refractivity (Wildman–Crippen MR) is 81.7 cm³/mol. The molecule has 98 valence electrons. The maximum Gasteiger partial charge on any atom is 0.166 e. The van der Waals surface area contributed by atoms with Crippen LogP contribution in [0.4, 0.5) is 0 Å². The fourth-order valence-corrected chi connectivity index (χ4v) is 1.78. The van der Waals surface area contributed by atoms with Crippen molar-refractivity contribution in [2.45, 2.75) is 20.0 Å². The van der Waals surface area contributed by atoms with Crippen molar-refractivity contribution in [3.05, 3.63) is 65.5 Å². The largest absolute Gasteiger partial charge is 0.359 e. The van der Waals surface area contributed by atoms with Crippen LogP contribution in [0.1, 0.15) is 16.7 Å². The summed E-state index contributed by atoms with van der Waals surface area (Å²) in [5.41, 5.74) is 3.60.